The van der Waals surface area contributed by atoms with Gasteiger partial charge < -0.3 is 9.84 Å². The van der Waals surface area contributed by atoms with Gasteiger partial charge in [-0.15, -0.1) is 0 Å². The van der Waals surface area contributed by atoms with Crippen LogP contribution >= 0.6 is 15.9 Å². The smallest absolute Gasteiger partial charge is 0.238 e. The van der Waals surface area contributed by atoms with Crippen LogP contribution in [-0.4, -0.2) is 35.6 Å². The molecule has 4 aliphatic rings. The van der Waals surface area contributed by atoms with Gasteiger partial charge in [0, 0.05) is 23.1 Å². The molecule has 1 fully saturated rings. The molecule has 2 amide bonds. The van der Waals surface area contributed by atoms with Crippen LogP contribution in [0.3, 0.4) is 0 Å². The predicted molar refractivity (Wildman–Crippen MR) is 138 cm³/mol. The molecule has 4 atom stereocenters. The third kappa shape index (κ3) is 3.46. The van der Waals surface area contributed by atoms with Gasteiger partial charge in [-0.25, -0.2) is 0 Å². The number of ketones is 2. The minimum Gasteiger partial charge on any atom is -0.504 e. The number of rotatable bonds is 3. The summed E-state index contributed by atoms with van der Waals surface area (Å²) >= 11 is 3.22. The van der Waals surface area contributed by atoms with E-state index < -0.39 is 23.7 Å². The maximum absolute atomic E-state index is 13.8. The number of amides is 2. The molecule has 2 aromatic rings. The number of hydrogen-bond donors (Lipinski definition) is 1. The van der Waals surface area contributed by atoms with E-state index in [1.54, 1.807) is 36.4 Å². The summed E-state index contributed by atoms with van der Waals surface area (Å²) in [5.41, 5.74) is 2.67. The second-order valence-corrected chi connectivity index (χ2v) is 10.5. The number of nitrogens with zero attached hydrogens (tertiary/aromatic N) is 1. The minimum absolute atomic E-state index is 0.0905. The van der Waals surface area contributed by atoms with Crippen molar-refractivity contribution >= 4 is 45.0 Å². The first-order valence-electron chi connectivity index (χ1n) is 12.0. The molecule has 7 nitrogen and oxygen atoms in total. The Morgan fingerprint density at radius 3 is 2.46 bits per heavy atom. The summed E-state index contributed by atoms with van der Waals surface area (Å²) in [4.78, 5) is 55.0. The highest BCUT2D eigenvalue weighted by Crippen LogP contribution is 2.56. The van der Waals surface area contributed by atoms with Crippen LogP contribution in [0.2, 0.25) is 0 Å². The van der Waals surface area contributed by atoms with Gasteiger partial charge in [0.2, 0.25) is 11.8 Å². The van der Waals surface area contributed by atoms with E-state index >= 15 is 0 Å². The molecule has 1 heterocycles. The number of allylic oxidation sites excluding steroid dienone is 6. The highest BCUT2D eigenvalue weighted by molar-refractivity contribution is 9.12. The van der Waals surface area contributed by atoms with Crippen LogP contribution in [0.25, 0.3) is 0 Å². The first-order chi connectivity index (χ1) is 17.8. The number of Topliss-reactive ketones (excluding diaryl/α,β-unsaturated/α-hetero) is 1. The van der Waals surface area contributed by atoms with E-state index in [1.807, 2.05) is 12.1 Å². The maximum atomic E-state index is 13.8. The lowest BCUT2D eigenvalue weighted by Crippen LogP contribution is -2.39. The van der Waals surface area contributed by atoms with Crippen molar-refractivity contribution in [2.75, 3.05) is 12.0 Å². The molecule has 0 bridgehead atoms. The topological polar surface area (TPSA) is 101 Å². The number of phenolic OH excluding ortho intramolecular Hbond substituents is 1. The zero-order chi connectivity index (χ0) is 26.0. The third-order valence-electron chi connectivity index (χ3n) is 7.88. The van der Waals surface area contributed by atoms with Crippen molar-refractivity contribution in [3.8, 4) is 11.5 Å². The Morgan fingerprint density at radius 1 is 1.00 bits per heavy atom. The van der Waals surface area contributed by atoms with Crippen molar-refractivity contribution in [2.45, 2.75) is 18.8 Å². The van der Waals surface area contributed by atoms with Crippen molar-refractivity contribution in [3.63, 3.8) is 0 Å². The summed E-state index contributed by atoms with van der Waals surface area (Å²) in [7, 11) is 1.45. The maximum Gasteiger partial charge on any atom is 0.238 e. The molecule has 0 spiro atoms. The molecule has 37 heavy (non-hydrogen) atoms. The summed E-state index contributed by atoms with van der Waals surface area (Å²) in [6.45, 7) is 0. The van der Waals surface area contributed by atoms with Crippen LogP contribution in [0.1, 0.15) is 24.3 Å². The van der Waals surface area contributed by atoms with E-state index in [0.29, 0.717) is 28.8 Å². The number of fused-ring (bicyclic) bond motifs is 3. The summed E-state index contributed by atoms with van der Waals surface area (Å²) < 4.78 is 5.36. The van der Waals surface area contributed by atoms with Gasteiger partial charge in [-0.3, -0.25) is 24.1 Å². The molecule has 3 aliphatic carbocycles. The Bertz CT molecular complexity index is 1490. The van der Waals surface area contributed by atoms with Crippen LogP contribution < -0.4 is 9.64 Å². The van der Waals surface area contributed by atoms with Crippen molar-refractivity contribution in [2.24, 2.45) is 17.8 Å². The number of para-hydroxylation sites is 1. The molecule has 0 aromatic heterocycles. The van der Waals surface area contributed by atoms with Gasteiger partial charge in [0.15, 0.2) is 23.1 Å². The number of ether oxygens (including phenoxy) is 1. The zero-order valence-electron chi connectivity index (χ0n) is 19.8. The van der Waals surface area contributed by atoms with E-state index in [-0.39, 0.29) is 45.8 Å². The Labute approximate surface area is 221 Å². The number of hydrogen-bond acceptors (Lipinski definition) is 6. The van der Waals surface area contributed by atoms with Crippen LogP contribution in [0.15, 0.2) is 81.9 Å². The number of benzene rings is 2. The number of phenols is 1. The van der Waals surface area contributed by atoms with E-state index in [9.17, 15) is 24.3 Å². The Hall–Kier alpha value is -3.78. The van der Waals surface area contributed by atoms with Gasteiger partial charge in [-0.05, 0) is 64.5 Å². The van der Waals surface area contributed by atoms with Crippen LogP contribution in [0, 0.1) is 17.8 Å². The van der Waals surface area contributed by atoms with E-state index in [2.05, 4.69) is 15.9 Å². The van der Waals surface area contributed by atoms with Gasteiger partial charge in [-0.1, -0.05) is 35.9 Å². The van der Waals surface area contributed by atoms with Crippen molar-refractivity contribution < 1.29 is 29.0 Å². The summed E-state index contributed by atoms with van der Waals surface area (Å²) in [6.07, 6.45) is 3.78. The van der Waals surface area contributed by atoms with Gasteiger partial charge >= 0.3 is 0 Å². The first kappa shape index (κ1) is 23.6. The van der Waals surface area contributed by atoms with Crippen LogP contribution in [0.4, 0.5) is 5.69 Å². The molecular weight excluding hydrogens is 538 g/mol. The Morgan fingerprint density at radius 2 is 1.76 bits per heavy atom. The van der Waals surface area contributed by atoms with Crippen LogP contribution in [0.5, 0.6) is 11.5 Å². The molecule has 0 radical (unpaired) electrons. The number of anilines is 1. The minimum atomic E-state index is -0.649. The number of methoxy groups -OCH3 is 1. The predicted octanol–water partition coefficient (Wildman–Crippen LogP) is 4.37. The summed E-state index contributed by atoms with van der Waals surface area (Å²) in [5.74, 6) is -3.19. The average Bonchev–Trinajstić information content (AvgIpc) is 3.16. The number of aromatic hydroxyl groups is 1. The molecule has 1 aliphatic heterocycles. The molecule has 6 rings (SSSR count). The highest BCUT2D eigenvalue weighted by atomic mass is 79.9. The van der Waals surface area contributed by atoms with Gasteiger partial charge in [0.25, 0.3) is 0 Å². The van der Waals surface area contributed by atoms with Crippen molar-refractivity contribution in [3.05, 3.63) is 87.4 Å². The lowest BCUT2D eigenvalue weighted by atomic mass is 9.59. The van der Waals surface area contributed by atoms with Crippen LogP contribution in [-0.2, 0) is 19.2 Å². The molecule has 0 saturated carbocycles. The van der Waals surface area contributed by atoms with Gasteiger partial charge in [-0.2, -0.15) is 0 Å². The Kier molecular flexibility index (Phi) is 5.53. The Balaban J connectivity index is 1.50. The second-order valence-electron chi connectivity index (χ2n) is 9.67. The molecule has 186 valence electrons. The number of halogens is 1. The van der Waals surface area contributed by atoms with E-state index in [0.717, 1.165) is 5.57 Å². The van der Waals surface area contributed by atoms with Crippen molar-refractivity contribution in [1.82, 2.24) is 0 Å². The fraction of sp³-hybridized carbons (Fsp3) is 0.241. The fourth-order valence-corrected chi connectivity index (χ4v) is 6.75. The molecule has 2 aromatic carbocycles. The largest absolute Gasteiger partial charge is 0.504 e. The molecule has 1 N–H and O–H groups in total. The van der Waals surface area contributed by atoms with Gasteiger partial charge in [0.05, 0.1) is 29.1 Å². The number of imide groups is 1. The normalized spacial score (nSPS) is 26.9. The summed E-state index contributed by atoms with van der Waals surface area (Å²) in [5, 5.41) is 10.5. The molecule has 1 saturated heterocycles. The molecule has 0 unspecified atom stereocenters. The molecular formula is C29H22BrNO6. The first-order valence-corrected chi connectivity index (χ1v) is 12.8. The lowest BCUT2D eigenvalue weighted by molar-refractivity contribution is -0.123. The standard InChI is InChI=1S/C29H22BrNO6/c1-37-23-10-7-14(11-21(23)32)24-16-8-9-17-25(29(36)31(28(17)35)15-5-3-2-4-6-15)18(16)12-19-26(24)22(33)13-20(30)27(19)34/h2-8,10-11,13,17-18,24-25,32H,9,12H2,1H3/t17-,18+,24-,25-/m0/s1. The van der Waals surface area contributed by atoms with Gasteiger partial charge in [0.1, 0.15) is 0 Å². The second kappa shape index (κ2) is 8.66. The monoisotopic (exact) mass is 559 g/mol. The highest BCUT2D eigenvalue weighted by Gasteiger charge is 2.56. The summed E-state index contributed by atoms with van der Waals surface area (Å²) in [6, 6.07) is 13.8. The van der Waals surface area contributed by atoms with E-state index in [1.165, 1.54) is 24.2 Å². The number of carbonyl (C=O) groups excluding carboxylic acids is 4. The fourth-order valence-electron chi connectivity index (χ4n) is 6.30. The average molecular weight is 560 g/mol. The van der Waals surface area contributed by atoms with E-state index in [4.69, 9.17) is 4.74 Å². The molecule has 8 heteroatoms. The van der Waals surface area contributed by atoms with Crippen molar-refractivity contribution in [1.29, 1.82) is 0 Å². The zero-order valence-corrected chi connectivity index (χ0v) is 21.4. The lowest BCUT2D eigenvalue weighted by Gasteiger charge is -2.42. The quantitative estimate of drug-likeness (QED) is 0.340. The number of carbonyl (C=O) groups is 4. The SMILES string of the molecule is COc1ccc([C@H]2C3=CC[C@@H]4C(=O)N(c5ccccc5)C(=O)[C@@H]4[C@@H]3CC3=C2C(=O)C=C(Br)C3=O)cc1O. The third-order valence-corrected chi connectivity index (χ3v) is 8.47.